The quantitative estimate of drug-likeness (QED) is 0.531. The van der Waals surface area contributed by atoms with Gasteiger partial charge in [0, 0.05) is 32.1 Å². The molecule has 2 saturated heterocycles. The number of amides is 1. The van der Waals surface area contributed by atoms with Crippen LogP contribution >= 0.6 is 0 Å². The Hall–Kier alpha value is -0.570. The summed E-state index contributed by atoms with van der Waals surface area (Å²) in [6.07, 6.45) is 3.10. The standard InChI is InChI=1S/C8H14N2O/c11-8-3-4-9-7-2-1-5-10(8)6-7/h7,9H,1-6H2. The number of piperidine rings is 1. The molecule has 11 heavy (non-hydrogen) atoms. The molecule has 2 aliphatic rings. The number of carbonyl (C=O) groups is 1. The van der Waals surface area contributed by atoms with Crippen LogP contribution < -0.4 is 5.32 Å². The van der Waals surface area contributed by atoms with Crippen LogP contribution in [0.5, 0.6) is 0 Å². The summed E-state index contributed by atoms with van der Waals surface area (Å²) < 4.78 is 0. The van der Waals surface area contributed by atoms with Gasteiger partial charge in [-0.2, -0.15) is 0 Å². The SMILES string of the molecule is O=C1CCNC2CCCN1C2. The van der Waals surface area contributed by atoms with Crippen molar-refractivity contribution in [1.29, 1.82) is 0 Å². The molecule has 2 fully saturated rings. The van der Waals surface area contributed by atoms with Crippen molar-refractivity contribution in [2.45, 2.75) is 25.3 Å². The van der Waals surface area contributed by atoms with Crippen molar-refractivity contribution in [2.75, 3.05) is 19.6 Å². The Balaban J connectivity index is 2.07. The zero-order valence-corrected chi connectivity index (χ0v) is 6.68. The highest BCUT2D eigenvalue weighted by atomic mass is 16.2. The Morgan fingerprint density at radius 1 is 1.55 bits per heavy atom. The second kappa shape index (κ2) is 2.81. The van der Waals surface area contributed by atoms with Crippen molar-refractivity contribution < 1.29 is 4.79 Å². The monoisotopic (exact) mass is 154 g/mol. The molecular formula is C8H14N2O. The summed E-state index contributed by atoms with van der Waals surface area (Å²) in [7, 11) is 0. The van der Waals surface area contributed by atoms with Crippen LogP contribution in [0.1, 0.15) is 19.3 Å². The molecule has 62 valence electrons. The van der Waals surface area contributed by atoms with Crippen LogP contribution in [-0.2, 0) is 4.79 Å². The number of nitrogens with one attached hydrogen (secondary N) is 1. The van der Waals surface area contributed by atoms with Crippen LogP contribution in [0.4, 0.5) is 0 Å². The van der Waals surface area contributed by atoms with Gasteiger partial charge in [0.2, 0.25) is 5.91 Å². The van der Waals surface area contributed by atoms with Gasteiger partial charge in [-0.15, -0.1) is 0 Å². The summed E-state index contributed by atoms with van der Waals surface area (Å²) in [5, 5.41) is 3.38. The Bertz CT molecular complexity index is 169. The van der Waals surface area contributed by atoms with Crippen molar-refractivity contribution in [3.63, 3.8) is 0 Å². The Labute approximate surface area is 66.8 Å². The Morgan fingerprint density at radius 2 is 2.45 bits per heavy atom. The van der Waals surface area contributed by atoms with E-state index in [1.807, 2.05) is 4.90 Å². The van der Waals surface area contributed by atoms with E-state index in [4.69, 9.17) is 0 Å². The Kier molecular flexibility index (Phi) is 1.82. The summed E-state index contributed by atoms with van der Waals surface area (Å²) >= 11 is 0. The van der Waals surface area contributed by atoms with E-state index < -0.39 is 0 Å². The molecule has 0 aromatic rings. The van der Waals surface area contributed by atoms with Crippen molar-refractivity contribution in [3.05, 3.63) is 0 Å². The van der Waals surface area contributed by atoms with Crippen molar-refractivity contribution in [2.24, 2.45) is 0 Å². The summed E-state index contributed by atoms with van der Waals surface area (Å²) in [4.78, 5) is 13.3. The van der Waals surface area contributed by atoms with E-state index in [-0.39, 0.29) is 0 Å². The van der Waals surface area contributed by atoms with E-state index >= 15 is 0 Å². The number of hydrogen-bond acceptors (Lipinski definition) is 2. The van der Waals surface area contributed by atoms with Crippen LogP contribution in [0.25, 0.3) is 0 Å². The molecule has 2 rings (SSSR count). The van der Waals surface area contributed by atoms with Gasteiger partial charge in [0.1, 0.15) is 0 Å². The van der Waals surface area contributed by atoms with Gasteiger partial charge in [-0.05, 0) is 12.8 Å². The molecule has 1 N–H and O–H groups in total. The highest BCUT2D eigenvalue weighted by Crippen LogP contribution is 2.13. The van der Waals surface area contributed by atoms with E-state index in [0.717, 1.165) is 19.6 Å². The fourth-order valence-electron chi connectivity index (χ4n) is 1.91. The molecule has 0 aromatic heterocycles. The zero-order chi connectivity index (χ0) is 7.68. The minimum absolute atomic E-state index is 0.333. The molecule has 2 heterocycles. The number of nitrogens with zero attached hydrogens (tertiary/aromatic N) is 1. The number of fused-ring (bicyclic) bond motifs is 2. The fourth-order valence-corrected chi connectivity index (χ4v) is 1.91. The molecule has 2 aliphatic heterocycles. The van der Waals surface area contributed by atoms with Crippen LogP contribution in [0, 0.1) is 0 Å². The van der Waals surface area contributed by atoms with E-state index in [9.17, 15) is 4.79 Å². The van der Waals surface area contributed by atoms with E-state index in [2.05, 4.69) is 5.32 Å². The van der Waals surface area contributed by atoms with Gasteiger partial charge in [-0.25, -0.2) is 0 Å². The van der Waals surface area contributed by atoms with E-state index in [1.54, 1.807) is 0 Å². The second-order valence-corrected chi connectivity index (χ2v) is 3.38. The maximum absolute atomic E-state index is 11.3. The van der Waals surface area contributed by atoms with Crippen LogP contribution in [-0.4, -0.2) is 36.5 Å². The molecule has 1 atom stereocenters. The lowest BCUT2D eigenvalue weighted by Gasteiger charge is -2.29. The Morgan fingerprint density at radius 3 is 3.36 bits per heavy atom. The summed E-state index contributed by atoms with van der Waals surface area (Å²) in [5.74, 6) is 0.333. The normalized spacial score (nSPS) is 31.8. The highest BCUT2D eigenvalue weighted by Gasteiger charge is 2.25. The minimum Gasteiger partial charge on any atom is -0.341 e. The van der Waals surface area contributed by atoms with Gasteiger partial charge in [0.15, 0.2) is 0 Å². The topological polar surface area (TPSA) is 32.3 Å². The molecule has 3 nitrogen and oxygen atoms in total. The maximum atomic E-state index is 11.3. The molecule has 0 spiro atoms. The first kappa shape index (κ1) is 7.10. The summed E-state index contributed by atoms with van der Waals surface area (Å²) in [6, 6.07) is 0.579. The first-order valence-electron chi connectivity index (χ1n) is 4.37. The molecule has 1 amide bonds. The molecular weight excluding hydrogens is 140 g/mol. The maximum Gasteiger partial charge on any atom is 0.223 e. The average molecular weight is 154 g/mol. The van der Waals surface area contributed by atoms with Gasteiger partial charge in [0.25, 0.3) is 0 Å². The average Bonchev–Trinajstić information content (AvgIpc) is 2.14. The number of rotatable bonds is 0. The van der Waals surface area contributed by atoms with E-state index in [0.29, 0.717) is 18.4 Å². The zero-order valence-electron chi connectivity index (χ0n) is 6.68. The first-order valence-corrected chi connectivity index (χ1v) is 4.37. The van der Waals surface area contributed by atoms with E-state index in [1.165, 1.54) is 12.8 Å². The van der Waals surface area contributed by atoms with Crippen LogP contribution in [0.15, 0.2) is 0 Å². The molecule has 2 bridgehead atoms. The smallest absolute Gasteiger partial charge is 0.223 e. The lowest BCUT2D eigenvalue weighted by atomic mass is 10.1. The number of carbonyl (C=O) groups excluding carboxylic acids is 1. The van der Waals surface area contributed by atoms with Crippen LogP contribution in [0.2, 0.25) is 0 Å². The second-order valence-electron chi connectivity index (χ2n) is 3.38. The lowest BCUT2D eigenvalue weighted by Crippen LogP contribution is -2.43. The minimum atomic E-state index is 0.333. The molecule has 0 aliphatic carbocycles. The highest BCUT2D eigenvalue weighted by molar-refractivity contribution is 5.76. The van der Waals surface area contributed by atoms with Crippen molar-refractivity contribution >= 4 is 5.91 Å². The van der Waals surface area contributed by atoms with Gasteiger partial charge < -0.3 is 10.2 Å². The number of hydrogen-bond donors (Lipinski definition) is 1. The predicted molar refractivity (Wildman–Crippen MR) is 42.2 cm³/mol. The first-order chi connectivity index (χ1) is 5.36. The van der Waals surface area contributed by atoms with Crippen molar-refractivity contribution in [1.82, 2.24) is 10.2 Å². The van der Waals surface area contributed by atoms with Gasteiger partial charge in [-0.1, -0.05) is 0 Å². The lowest BCUT2D eigenvalue weighted by molar-refractivity contribution is -0.131. The largest absolute Gasteiger partial charge is 0.341 e. The molecule has 0 saturated carbocycles. The van der Waals surface area contributed by atoms with Gasteiger partial charge >= 0.3 is 0 Å². The van der Waals surface area contributed by atoms with Crippen LogP contribution in [0.3, 0.4) is 0 Å². The third-order valence-corrected chi connectivity index (χ3v) is 2.55. The van der Waals surface area contributed by atoms with Crippen molar-refractivity contribution in [3.8, 4) is 0 Å². The molecule has 3 heteroatoms. The third kappa shape index (κ3) is 1.38. The fraction of sp³-hybridized carbons (Fsp3) is 0.875. The summed E-state index contributed by atoms with van der Waals surface area (Å²) in [6.45, 7) is 2.80. The summed E-state index contributed by atoms with van der Waals surface area (Å²) in [5.41, 5.74) is 0. The molecule has 0 radical (unpaired) electrons. The van der Waals surface area contributed by atoms with Gasteiger partial charge in [0.05, 0.1) is 0 Å². The van der Waals surface area contributed by atoms with Gasteiger partial charge in [-0.3, -0.25) is 4.79 Å². The predicted octanol–water partition coefficient (Wildman–Crippen LogP) is -0.0293. The third-order valence-electron chi connectivity index (χ3n) is 2.55. The molecule has 0 aromatic carbocycles. The molecule has 1 unspecified atom stereocenters.